The van der Waals surface area contributed by atoms with Crippen LogP contribution in [0, 0.1) is 6.92 Å². The molecular weight excluding hydrogens is 416 g/mol. The predicted octanol–water partition coefficient (Wildman–Crippen LogP) is 5.10. The fraction of sp³-hybridized carbons (Fsp3) is 0.407. The van der Waals surface area contributed by atoms with Crippen LogP contribution in [0.1, 0.15) is 60.8 Å². The molecule has 3 aromatic rings. The van der Waals surface area contributed by atoms with Crippen LogP contribution < -0.4 is 14.8 Å². The van der Waals surface area contributed by atoms with Crippen molar-refractivity contribution in [3.8, 4) is 11.5 Å². The zero-order valence-electron chi connectivity index (χ0n) is 19.0. The van der Waals surface area contributed by atoms with Gasteiger partial charge in [0.05, 0.1) is 18.2 Å². The second-order valence-corrected chi connectivity index (χ2v) is 9.10. The van der Waals surface area contributed by atoms with Crippen molar-refractivity contribution in [1.29, 1.82) is 0 Å². The zero-order chi connectivity index (χ0) is 22.6. The van der Waals surface area contributed by atoms with Crippen LogP contribution in [-0.4, -0.2) is 23.2 Å². The van der Waals surface area contributed by atoms with E-state index in [2.05, 4.69) is 40.8 Å². The van der Waals surface area contributed by atoms with Crippen LogP contribution >= 0.6 is 0 Å². The molecule has 0 bridgehead atoms. The van der Waals surface area contributed by atoms with Crippen molar-refractivity contribution in [1.82, 2.24) is 10.5 Å². The molecule has 172 valence electrons. The lowest BCUT2D eigenvalue weighted by Crippen LogP contribution is -2.40. The number of benzene rings is 2. The van der Waals surface area contributed by atoms with E-state index in [1.807, 2.05) is 25.1 Å². The van der Waals surface area contributed by atoms with Crippen molar-refractivity contribution in [3.63, 3.8) is 0 Å². The molecule has 33 heavy (non-hydrogen) atoms. The van der Waals surface area contributed by atoms with E-state index in [-0.39, 0.29) is 30.6 Å². The summed E-state index contributed by atoms with van der Waals surface area (Å²) in [6, 6.07) is 18.6. The third kappa shape index (κ3) is 5.38. The highest BCUT2D eigenvalue weighted by Gasteiger charge is 2.25. The number of carbonyl (C=O) groups is 1. The highest BCUT2D eigenvalue weighted by atomic mass is 16.5. The van der Waals surface area contributed by atoms with Crippen LogP contribution in [0.2, 0.25) is 0 Å². The van der Waals surface area contributed by atoms with Crippen molar-refractivity contribution in [2.45, 2.75) is 70.1 Å². The molecule has 0 spiro atoms. The lowest BCUT2D eigenvalue weighted by atomic mass is 9.92. The van der Waals surface area contributed by atoms with Gasteiger partial charge < -0.3 is 19.3 Å². The van der Waals surface area contributed by atoms with E-state index in [0.29, 0.717) is 5.76 Å². The quantitative estimate of drug-likeness (QED) is 0.570. The number of rotatable bonds is 6. The Morgan fingerprint density at radius 1 is 1.06 bits per heavy atom. The number of carbonyl (C=O) groups excluding carboxylic acids is 1. The fourth-order valence-corrected chi connectivity index (χ4v) is 4.79. The summed E-state index contributed by atoms with van der Waals surface area (Å²) in [6.07, 6.45) is 6.16. The first-order chi connectivity index (χ1) is 16.1. The van der Waals surface area contributed by atoms with E-state index < -0.39 is 0 Å². The molecule has 1 aliphatic carbocycles. The summed E-state index contributed by atoms with van der Waals surface area (Å²) in [7, 11) is 0. The maximum atomic E-state index is 12.3. The maximum Gasteiger partial charge on any atom is 0.227 e. The topological polar surface area (TPSA) is 73.6 Å². The third-order valence-electron chi connectivity index (χ3n) is 6.50. The first-order valence-corrected chi connectivity index (χ1v) is 11.8. The SMILES string of the molecule is Cc1cc(CC(=O)N[C@H]2CC[C@H](Oc3ccc4c(c3)CCC(c3ccccc3)O4)CC2)on1. The van der Waals surface area contributed by atoms with Crippen molar-refractivity contribution < 1.29 is 18.8 Å². The standard InChI is InChI=1S/C27H30N2O4/c1-18-15-24(33-29-18)17-27(30)28-21-8-10-22(11-9-21)31-23-12-14-26-20(16-23)7-13-25(32-26)19-5-3-2-4-6-19/h2-6,12,14-16,21-22,25H,7-11,13,17H2,1H3,(H,28,30)/t21-,22-,25?. The zero-order valence-corrected chi connectivity index (χ0v) is 19.0. The van der Waals surface area contributed by atoms with Gasteiger partial charge in [-0.15, -0.1) is 0 Å². The van der Waals surface area contributed by atoms with Crippen LogP contribution in [0.5, 0.6) is 11.5 Å². The first kappa shape index (κ1) is 21.6. The van der Waals surface area contributed by atoms with Crippen molar-refractivity contribution in [3.05, 3.63) is 77.2 Å². The molecule has 1 saturated carbocycles. The van der Waals surface area contributed by atoms with Gasteiger partial charge in [-0.25, -0.2) is 0 Å². The van der Waals surface area contributed by atoms with Gasteiger partial charge in [0.2, 0.25) is 5.91 Å². The monoisotopic (exact) mass is 446 g/mol. The Morgan fingerprint density at radius 3 is 2.64 bits per heavy atom. The molecule has 1 aliphatic heterocycles. The third-order valence-corrected chi connectivity index (χ3v) is 6.50. The largest absolute Gasteiger partial charge is 0.490 e. The molecule has 0 radical (unpaired) electrons. The molecule has 2 heterocycles. The Hall–Kier alpha value is -3.28. The summed E-state index contributed by atoms with van der Waals surface area (Å²) in [5.41, 5.74) is 3.23. The van der Waals surface area contributed by atoms with Gasteiger partial charge in [-0.2, -0.15) is 0 Å². The molecule has 1 fully saturated rings. The van der Waals surface area contributed by atoms with Crippen LogP contribution in [0.4, 0.5) is 0 Å². The Morgan fingerprint density at radius 2 is 1.88 bits per heavy atom. The minimum atomic E-state index is -0.0148. The Balaban J connectivity index is 1.10. The number of hydrogen-bond acceptors (Lipinski definition) is 5. The average molecular weight is 447 g/mol. The molecule has 6 heteroatoms. The van der Waals surface area contributed by atoms with Gasteiger partial charge in [0.25, 0.3) is 0 Å². The maximum absolute atomic E-state index is 12.3. The highest BCUT2D eigenvalue weighted by Crippen LogP contribution is 2.37. The fourth-order valence-electron chi connectivity index (χ4n) is 4.79. The highest BCUT2D eigenvalue weighted by molar-refractivity contribution is 5.78. The molecule has 1 N–H and O–H groups in total. The molecule has 1 unspecified atom stereocenters. The lowest BCUT2D eigenvalue weighted by Gasteiger charge is -2.30. The van der Waals surface area contributed by atoms with Gasteiger partial charge in [-0.3, -0.25) is 4.79 Å². The molecule has 2 aromatic carbocycles. The van der Waals surface area contributed by atoms with Crippen LogP contribution in [0.25, 0.3) is 0 Å². The summed E-state index contributed by atoms with van der Waals surface area (Å²) in [5, 5.41) is 6.95. The summed E-state index contributed by atoms with van der Waals surface area (Å²) in [6.45, 7) is 1.85. The molecule has 1 atom stereocenters. The van der Waals surface area contributed by atoms with Crippen LogP contribution in [0.15, 0.2) is 59.1 Å². The van der Waals surface area contributed by atoms with Crippen molar-refractivity contribution in [2.24, 2.45) is 0 Å². The van der Waals surface area contributed by atoms with Gasteiger partial charge in [-0.05, 0) is 74.8 Å². The van der Waals surface area contributed by atoms with E-state index in [9.17, 15) is 4.79 Å². The molecule has 6 nitrogen and oxygen atoms in total. The molecular formula is C27H30N2O4. The Bertz CT molecular complexity index is 1090. The summed E-state index contributed by atoms with van der Waals surface area (Å²) < 4.78 is 17.7. The number of hydrogen-bond donors (Lipinski definition) is 1. The van der Waals surface area contributed by atoms with Gasteiger partial charge in [-0.1, -0.05) is 35.5 Å². The molecule has 5 rings (SSSR count). The number of aromatic nitrogens is 1. The second kappa shape index (κ2) is 9.69. The normalized spacial score (nSPS) is 22.2. The van der Waals surface area contributed by atoms with Gasteiger partial charge in [0, 0.05) is 12.1 Å². The average Bonchev–Trinajstić information content (AvgIpc) is 3.24. The summed E-state index contributed by atoms with van der Waals surface area (Å²) >= 11 is 0. The van der Waals surface area contributed by atoms with E-state index in [1.54, 1.807) is 6.07 Å². The van der Waals surface area contributed by atoms with Crippen LogP contribution in [0.3, 0.4) is 0 Å². The predicted molar refractivity (Wildman–Crippen MR) is 124 cm³/mol. The Kier molecular flexibility index (Phi) is 6.33. The van der Waals surface area contributed by atoms with E-state index in [4.69, 9.17) is 14.0 Å². The Labute approximate surface area is 194 Å². The minimum absolute atomic E-state index is 0.0148. The van der Waals surface area contributed by atoms with Crippen molar-refractivity contribution >= 4 is 5.91 Å². The lowest BCUT2D eigenvalue weighted by molar-refractivity contribution is -0.121. The summed E-state index contributed by atoms with van der Waals surface area (Å²) in [4.78, 5) is 12.3. The van der Waals surface area contributed by atoms with E-state index in [0.717, 1.165) is 55.7 Å². The number of aryl methyl sites for hydroxylation is 2. The number of nitrogens with zero attached hydrogens (tertiary/aromatic N) is 1. The molecule has 2 aliphatic rings. The second-order valence-electron chi connectivity index (χ2n) is 9.10. The summed E-state index contributed by atoms with van der Waals surface area (Å²) in [5.74, 6) is 2.45. The van der Waals surface area contributed by atoms with E-state index >= 15 is 0 Å². The van der Waals surface area contributed by atoms with E-state index in [1.165, 1.54) is 11.1 Å². The smallest absolute Gasteiger partial charge is 0.227 e. The number of ether oxygens (including phenoxy) is 2. The first-order valence-electron chi connectivity index (χ1n) is 11.8. The number of amides is 1. The van der Waals surface area contributed by atoms with Crippen molar-refractivity contribution in [2.75, 3.05) is 0 Å². The number of nitrogens with one attached hydrogen (secondary N) is 1. The van der Waals surface area contributed by atoms with Gasteiger partial charge in [0.1, 0.15) is 23.4 Å². The minimum Gasteiger partial charge on any atom is -0.490 e. The van der Waals surface area contributed by atoms with Gasteiger partial charge >= 0.3 is 0 Å². The molecule has 1 aromatic heterocycles. The number of fused-ring (bicyclic) bond motifs is 1. The van der Waals surface area contributed by atoms with Crippen LogP contribution in [-0.2, 0) is 17.6 Å². The molecule has 0 saturated heterocycles. The molecule has 1 amide bonds. The van der Waals surface area contributed by atoms with Gasteiger partial charge in [0.15, 0.2) is 0 Å².